The minimum atomic E-state index is -0.330. The Hall–Kier alpha value is -2.68. The SMILES string of the molecule is CN1C(=O)CC(N2CCN(c3ncnc4[nH]ccc34)CC2)NC1=O. The minimum absolute atomic E-state index is 0.143. The zero-order chi connectivity index (χ0) is 16.7. The predicted octanol–water partition coefficient (Wildman–Crippen LogP) is -0.0223. The van der Waals surface area contributed by atoms with Gasteiger partial charge in [-0.15, -0.1) is 0 Å². The highest BCUT2D eigenvalue weighted by atomic mass is 16.2. The molecule has 24 heavy (non-hydrogen) atoms. The summed E-state index contributed by atoms with van der Waals surface area (Å²) in [6.45, 7) is 3.09. The minimum Gasteiger partial charge on any atom is -0.353 e. The van der Waals surface area contributed by atoms with Gasteiger partial charge in [0.25, 0.3) is 0 Å². The Bertz CT molecular complexity index is 763. The van der Waals surface area contributed by atoms with Crippen LogP contribution in [-0.4, -0.2) is 76.1 Å². The Kier molecular flexibility index (Phi) is 3.57. The van der Waals surface area contributed by atoms with Crippen LogP contribution in [-0.2, 0) is 4.79 Å². The molecule has 126 valence electrons. The van der Waals surface area contributed by atoms with Gasteiger partial charge < -0.3 is 15.2 Å². The molecule has 2 fully saturated rings. The second-order valence-corrected chi connectivity index (χ2v) is 6.08. The number of anilines is 1. The van der Waals surface area contributed by atoms with Gasteiger partial charge in [0.1, 0.15) is 17.8 Å². The van der Waals surface area contributed by atoms with Crippen LogP contribution < -0.4 is 10.2 Å². The third-order valence-corrected chi connectivity index (χ3v) is 4.72. The lowest BCUT2D eigenvalue weighted by atomic mass is 10.2. The topological polar surface area (TPSA) is 97.5 Å². The number of fused-ring (bicyclic) bond motifs is 1. The van der Waals surface area contributed by atoms with Crippen LogP contribution in [0.3, 0.4) is 0 Å². The Morgan fingerprint density at radius 2 is 1.96 bits per heavy atom. The summed E-state index contributed by atoms with van der Waals surface area (Å²) in [6, 6.07) is 1.65. The van der Waals surface area contributed by atoms with E-state index in [0.29, 0.717) is 6.42 Å². The van der Waals surface area contributed by atoms with Crippen molar-refractivity contribution < 1.29 is 9.59 Å². The van der Waals surface area contributed by atoms with E-state index in [1.54, 1.807) is 6.33 Å². The van der Waals surface area contributed by atoms with Crippen molar-refractivity contribution in [3.8, 4) is 0 Å². The lowest BCUT2D eigenvalue weighted by Crippen LogP contribution is -2.62. The van der Waals surface area contributed by atoms with Crippen molar-refractivity contribution >= 4 is 28.8 Å². The second kappa shape index (κ2) is 5.75. The number of urea groups is 1. The Morgan fingerprint density at radius 1 is 1.17 bits per heavy atom. The number of rotatable bonds is 2. The van der Waals surface area contributed by atoms with Crippen molar-refractivity contribution in [1.29, 1.82) is 0 Å². The monoisotopic (exact) mass is 329 g/mol. The van der Waals surface area contributed by atoms with E-state index in [1.165, 1.54) is 7.05 Å². The molecule has 3 amide bonds. The molecule has 9 nitrogen and oxygen atoms in total. The lowest BCUT2D eigenvalue weighted by Gasteiger charge is -2.42. The van der Waals surface area contributed by atoms with Crippen molar-refractivity contribution in [1.82, 2.24) is 30.1 Å². The van der Waals surface area contributed by atoms with E-state index >= 15 is 0 Å². The molecule has 1 unspecified atom stereocenters. The lowest BCUT2D eigenvalue weighted by molar-refractivity contribution is -0.130. The summed E-state index contributed by atoms with van der Waals surface area (Å²) in [7, 11) is 1.50. The van der Waals surface area contributed by atoms with Crippen LogP contribution in [0.2, 0.25) is 0 Å². The van der Waals surface area contributed by atoms with E-state index in [4.69, 9.17) is 0 Å². The molecule has 1 atom stereocenters. The van der Waals surface area contributed by atoms with Gasteiger partial charge in [-0.3, -0.25) is 14.6 Å². The van der Waals surface area contributed by atoms with Crippen molar-refractivity contribution in [2.45, 2.75) is 12.6 Å². The molecule has 2 saturated heterocycles. The summed E-state index contributed by atoms with van der Waals surface area (Å²) >= 11 is 0. The van der Waals surface area contributed by atoms with Crippen LogP contribution in [0, 0.1) is 0 Å². The number of piperazine rings is 1. The summed E-state index contributed by atoms with van der Waals surface area (Å²) in [6.07, 6.45) is 3.52. The second-order valence-electron chi connectivity index (χ2n) is 6.08. The number of amides is 3. The first kappa shape index (κ1) is 14.9. The quantitative estimate of drug-likeness (QED) is 0.803. The van der Waals surface area contributed by atoms with Crippen molar-refractivity contribution in [2.75, 3.05) is 38.1 Å². The van der Waals surface area contributed by atoms with Crippen LogP contribution in [0.4, 0.5) is 10.6 Å². The zero-order valence-electron chi connectivity index (χ0n) is 13.4. The highest BCUT2D eigenvalue weighted by Crippen LogP contribution is 2.23. The summed E-state index contributed by atoms with van der Waals surface area (Å²) in [5.74, 6) is 0.778. The van der Waals surface area contributed by atoms with Crippen molar-refractivity contribution in [3.05, 3.63) is 18.6 Å². The number of H-pyrrole nitrogens is 1. The number of hydrogen-bond acceptors (Lipinski definition) is 6. The molecular weight excluding hydrogens is 310 g/mol. The first-order valence-corrected chi connectivity index (χ1v) is 7.97. The first-order valence-electron chi connectivity index (χ1n) is 7.97. The van der Waals surface area contributed by atoms with Gasteiger partial charge in [0.2, 0.25) is 5.91 Å². The smallest absolute Gasteiger partial charge is 0.325 e. The van der Waals surface area contributed by atoms with Crippen LogP contribution in [0.25, 0.3) is 11.0 Å². The van der Waals surface area contributed by atoms with Gasteiger partial charge in [0, 0.05) is 39.4 Å². The van der Waals surface area contributed by atoms with E-state index in [2.05, 4.69) is 30.1 Å². The standard InChI is InChI=1S/C15H19N7O2/c1-20-12(23)8-11(19-15(20)24)21-4-6-22(7-5-21)14-10-2-3-16-13(10)17-9-18-14/h2-3,9,11H,4-8H2,1H3,(H,19,24)(H,16,17,18). The Morgan fingerprint density at radius 3 is 2.71 bits per heavy atom. The predicted molar refractivity (Wildman–Crippen MR) is 87.4 cm³/mol. The number of carbonyl (C=O) groups is 2. The first-order chi connectivity index (χ1) is 11.6. The largest absolute Gasteiger partial charge is 0.353 e. The maximum absolute atomic E-state index is 11.9. The fourth-order valence-corrected chi connectivity index (χ4v) is 3.28. The summed E-state index contributed by atoms with van der Waals surface area (Å²) in [5.41, 5.74) is 0.829. The highest BCUT2D eigenvalue weighted by Gasteiger charge is 2.34. The molecule has 2 aromatic rings. The molecule has 0 spiro atoms. The number of carbonyl (C=O) groups excluding carboxylic acids is 2. The number of aromatic amines is 1. The van der Waals surface area contributed by atoms with E-state index < -0.39 is 0 Å². The molecule has 2 aliphatic rings. The van der Waals surface area contributed by atoms with Gasteiger partial charge in [-0.25, -0.2) is 14.8 Å². The van der Waals surface area contributed by atoms with Crippen molar-refractivity contribution in [3.63, 3.8) is 0 Å². The van der Waals surface area contributed by atoms with Gasteiger partial charge in [-0.1, -0.05) is 0 Å². The molecule has 9 heteroatoms. The fourth-order valence-electron chi connectivity index (χ4n) is 3.28. The molecule has 4 rings (SSSR count). The molecule has 2 aromatic heterocycles. The van der Waals surface area contributed by atoms with Crippen molar-refractivity contribution in [2.24, 2.45) is 0 Å². The molecule has 2 aliphatic heterocycles. The average Bonchev–Trinajstić information content (AvgIpc) is 3.08. The number of nitrogens with one attached hydrogen (secondary N) is 2. The highest BCUT2D eigenvalue weighted by molar-refractivity contribution is 5.96. The number of hydrogen-bond donors (Lipinski definition) is 2. The maximum atomic E-state index is 11.9. The Labute approximate surface area is 138 Å². The molecule has 0 aromatic carbocycles. The normalized spacial score (nSPS) is 23.0. The fraction of sp³-hybridized carbons (Fsp3) is 0.467. The van der Waals surface area contributed by atoms with Crippen LogP contribution >= 0.6 is 0 Å². The van der Waals surface area contributed by atoms with E-state index in [1.807, 2.05) is 12.3 Å². The summed E-state index contributed by atoms with van der Waals surface area (Å²) in [4.78, 5) is 40.9. The molecule has 0 saturated carbocycles. The molecule has 2 N–H and O–H groups in total. The number of nitrogens with zero attached hydrogens (tertiary/aromatic N) is 5. The van der Waals surface area contributed by atoms with Crippen LogP contribution in [0.1, 0.15) is 6.42 Å². The van der Waals surface area contributed by atoms with E-state index in [0.717, 1.165) is 47.9 Å². The van der Waals surface area contributed by atoms with Crippen LogP contribution in [0.15, 0.2) is 18.6 Å². The third-order valence-electron chi connectivity index (χ3n) is 4.72. The molecule has 4 heterocycles. The van der Waals surface area contributed by atoms with E-state index in [-0.39, 0.29) is 18.1 Å². The van der Waals surface area contributed by atoms with Gasteiger partial charge in [0.05, 0.1) is 18.0 Å². The van der Waals surface area contributed by atoms with Gasteiger partial charge >= 0.3 is 6.03 Å². The van der Waals surface area contributed by atoms with E-state index in [9.17, 15) is 9.59 Å². The van der Waals surface area contributed by atoms with Gasteiger partial charge in [0.15, 0.2) is 0 Å². The van der Waals surface area contributed by atoms with Gasteiger partial charge in [-0.05, 0) is 6.07 Å². The molecule has 0 aliphatic carbocycles. The number of imide groups is 1. The molecule has 0 radical (unpaired) electrons. The molecule has 0 bridgehead atoms. The van der Waals surface area contributed by atoms with Gasteiger partial charge in [-0.2, -0.15) is 0 Å². The molecular formula is C15H19N7O2. The van der Waals surface area contributed by atoms with Crippen LogP contribution in [0.5, 0.6) is 0 Å². The number of aromatic nitrogens is 3. The third kappa shape index (κ3) is 2.46. The summed E-state index contributed by atoms with van der Waals surface area (Å²) < 4.78 is 0. The Balaban J connectivity index is 1.45. The maximum Gasteiger partial charge on any atom is 0.325 e. The zero-order valence-corrected chi connectivity index (χ0v) is 13.4. The summed E-state index contributed by atoms with van der Waals surface area (Å²) in [5, 5.41) is 3.90. The average molecular weight is 329 g/mol.